The predicted octanol–water partition coefficient (Wildman–Crippen LogP) is 3.85. The van der Waals surface area contributed by atoms with Gasteiger partial charge in [0.05, 0.1) is 13.0 Å². The standard InChI is InChI=1S/C10H12O.C5H10O2/c1-3-4-9-5-7-10(11-2)8-6-9;1-3-4(2)5(6)7/h3-8H,1-2H3;4H,3H2,1-2H3,(H,6,7). The maximum atomic E-state index is 9.93. The summed E-state index contributed by atoms with van der Waals surface area (Å²) >= 11 is 0. The van der Waals surface area contributed by atoms with E-state index in [4.69, 9.17) is 9.84 Å². The Morgan fingerprint density at radius 1 is 1.39 bits per heavy atom. The molecule has 0 aromatic heterocycles. The molecule has 1 aromatic carbocycles. The Kier molecular flexibility index (Phi) is 8.37. The summed E-state index contributed by atoms with van der Waals surface area (Å²) in [6, 6.07) is 7.96. The number of carbonyl (C=O) groups is 1. The van der Waals surface area contributed by atoms with Crippen molar-refractivity contribution in [2.75, 3.05) is 7.11 Å². The summed E-state index contributed by atoms with van der Waals surface area (Å²) in [5.41, 5.74) is 1.20. The van der Waals surface area contributed by atoms with Crippen LogP contribution in [0.15, 0.2) is 30.3 Å². The summed E-state index contributed by atoms with van der Waals surface area (Å²) in [5.74, 6) is 0.0146. The zero-order valence-electron chi connectivity index (χ0n) is 11.5. The maximum Gasteiger partial charge on any atom is 0.306 e. The van der Waals surface area contributed by atoms with Gasteiger partial charge >= 0.3 is 5.97 Å². The third-order valence-corrected chi connectivity index (χ3v) is 2.51. The van der Waals surface area contributed by atoms with E-state index in [1.54, 1.807) is 14.0 Å². The molecule has 0 saturated carbocycles. The lowest BCUT2D eigenvalue weighted by molar-refractivity contribution is -0.141. The van der Waals surface area contributed by atoms with Crippen molar-refractivity contribution in [1.29, 1.82) is 0 Å². The summed E-state index contributed by atoms with van der Waals surface area (Å²) in [5, 5.41) is 8.18. The van der Waals surface area contributed by atoms with Gasteiger partial charge in [-0.05, 0) is 31.0 Å². The molecule has 1 N–H and O–H groups in total. The fourth-order valence-electron chi connectivity index (χ4n) is 1.08. The molecule has 0 aliphatic rings. The van der Waals surface area contributed by atoms with Crippen molar-refractivity contribution >= 4 is 12.0 Å². The smallest absolute Gasteiger partial charge is 0.306 e. The first-order chi connectivity index (χ1) is 8.54. The van der Waals surface area contributed by atoms with E-state index in [1.807, 2.05) is 44.2 Å². The van der Waals surface area contributed by atoms with Crippen molar-refractivity contribution in [3.8, 4) is 5.75 Å². The van der Waals surface area contributed by atoms with Crippen molar-refractivity contribution in [2.45, 2.75) is 27.2 Å². The Labute approximate surface area is 109 Å². The Morgan fingerprint density at radius 3 is 2.22 bits per heavy atom. The molecule has 100 valence electrons. The number of methoxy groups -OCH3 is 1. The molecule has 0 aliphatic carbocycles. The van der Waals surface area contributed by atoms with Crippen LogP contribution in [-0.2, 0) is 4.79 Å². The molecule has 0 amide bonds. The molecule has 1 aromatic rings. The van der Waals surface area contributed by atoms with E-state index in [-0.39, 0.29) is 5.92 Å². The lowest BCUT2D eigenvalue weighted by Crippen LogP contribution is -2.06. The van der Waals surface area contributed by atoms with Crippen molar-refractivity contribution in [2.24, 2.45) is 5.92 Å². The molecule has 0 fully saturated rings. The predicted molar refractivity (Wildman–Crippen MR) is 74.8 cm³/mol. The number of ether oxygens (including phenoxy) is 1. The summed E-state index contributed by atoms with van der Waals surface area (Å²) in [7, 11) is 1.67. The average Bonchev–Trinajstić information content (AvgIpc) is 2.39. The summed E-state index contributed by atoms with van der Waals surface area (Å²) in [4.78, 5) is 9.93. The van der Waals surface area contributed by atoms with Crippen LogP contribution in [0.2, 0.25) is 0 Å². The van der Waals surface area contributed by atoms with Gasteiger partial charge in [0.15, 0.2) is 0 Å². The number of allylic oxidation sites excluding steroid dienone is 1. The van der Waals surface area contributed by atoms with Gasteiger partial charge in [0.1, 0.15) is 5.75 Å². The molecule has 1 atom stereocenters. The van der Waals surface area contributed by atoms with Gasteiger partial charge in [-0.3, -0.25) is 4.79 Å². The van der Waals surface area contributed by atoms with Gasteiger partial charge in [0.2, 0.25) is 0 Å². The van der Waals surface area contributed by atoms with E-state index < -0.39 is 5.97 Å². The molecule has 0 saturated heterocycles. The van der Waals surface area contributed by atoms with E-state index in [2.05, 4.69) is 6.08 Å². The lowest BCUT2D eigenvalue weighted by Gasteiger charge is -1.98. The summed E-state index contributed by atoms with van der Waals surface area (Å²) in [6.07, 6.45) is 4.79. The topological polar surface area (TPSA) is 46.5 Å². The second kappa shape index (κ2) is 9.28. The lowest BCUT2D eigenvalue weighted by atomic mass is 10.1. The van der Waals surface area contributed by atoms with Crippen LogP contribution in [0.4, 0.5) is 0 Å². The minimum absolute atomic E-state index is 0.181. The largest absolute Gasteiger partial charge is 0.497 e. The molecule has 0 spiro atoms. The highest BCUT2D eigenvalue weighted by Gasteiger charge is 2.05. The summed E-state index contributed by atoms with van der Waals surface area (Å²) in [6.45, 7) is 5.56. The monoisotopic (exact) mass is 250 g/mol. The van der Waals surface area contributed by atoms with Crippen LogP contribution in [0.25, 0.3) is 6.08 Å². The van der Waals surface area contributed by atoms with Crippen LogP contribution in [0, 0.1) is 5.92 Å². The molecule has 3 nitrogen and oxygen atoms in total. The van der Waals surface area contributed by atoms with Gasteiger partial charge in [-0.15, -0.1) is 0 Å². The maximum absolute atomic E-state index is 9.93. The van der Waals surface area contributed by atoms with Crippen LogP contribution in [-0.4, -0.2) is 18.2 Å². The van der Waals surface area contributed by atoms with Gasteiger partial charge < -0.3 is 9.84 Å². The zero-order valence-corrected chi connectivity index (χ0v) is 11.5. The van der Waals surface area contributed by atoms with Crippen molar-refractivity contribution in [3.05, 3.63) is 35.9 Å². The van der Waals surface area contributed by atoms with Crippen LogP contribution in [0.5, 0.6) is 5.75 Å². The first kappa shape index (κ1) is 16.2. The third-order valence-electron chi connectivity index (χ3n) is 2.51. The number of rotatable bonds is 4. The molecule has 3 heteroatoms. The minimum atomic E-state index is -0.706. The van der Waals surface area contributed by atoms with Gasteiger partial charge in [0, 0.05) is 0 Å². The van der Waals surface area contributed by atoms with Crippen LogP contribution in [0.1, 0.15) is 32.8 Å². The molecule has 0 heterocycles. The highest BCUT2D eigenvalue weighted by Crippen LogP contribution is 2.11. The average molecular weight is 250 g/mol. The SMILES string of the molecule is CC=Cc1ccc(OC)cc1.CCC(C)C(=O)O. The Morgan fingerprint density at radius 2 is 1.94 bits per heavy atom. The van der Waals surface area contributed by atoms with E-state index in [0.29, 0.717) is 0 Å². The van der Waals surface area contributed by atoms with Gasteiger partial charge in [-0.25, -0.2) is 0 Å². The van der Waals surface area contributed by atoms with Crippen molar-refractivity contribution in [1.82, 2.24) is 0 Å². The molecule has 0 radical (unpaired) electrons. The number of carboxylic acids is 1. The Hall–Kier alpha value is -1.77. The first-order valence-electron chi connectivity index (χ1n) is 6.04. The van der Waals surface area contributed by atoms with Crippen LogP contribution >= 0.6 is 0 Å². The van der Waals surface area contributed by atoms with Gasteiger partial charge in [-0.2, -0.15) is 0 Å². The van der Waals surface area contributed by atoms with Gasteiger partial charge in [0.25, 0.3) is 0 Å². The van der Waals surface area contributed by atoms with Crippen LogP contribution in [0.3, 0.4) is 0 Å². The van der Waals surface area contributed by atoms with Crippen LogP contribution < -0.4 is 4.74 Å². The van der Waals surface area contributed by atoms with Crippen molar-refractivity contribution in [3.63, 3.8) is 0 Å². The second-order valence-corrected chi connectivity index (χ2v) is 3.92. The zero-order chi connectivity index (χ0) is 14.0. The highest BCUT2D eigenvalue weighted by atomic mass is 16.5. The third kappa shape index (κ3) is 6.74. The molecular formula is C15H22O3. The van der Waals surface area contributed by atoms with E-state index in [9.17, 15) is 4.79 Å². The van der Waals surface area contributed by atoms with E-state index in [0.717, 1.165) is 12.2 Å². The van der Waals surface area contributed by atoms with Gasteiger partial charge in [-0.1, -0.05) is 38.1 Å². The summed E-state index contributed by atoms with van der Waals surface area (Å²) < 4.78 is 5.02. The Bertz CT molecular complexity index is 366. The molecule has 0 bridgehead atoms. The highest BCUT2D eigenvalue weighted by molar-refractivity contribution is 5.69. The Balaban J connectivity index is 0.000000360. The molecular weight excluding hydrogens is 228 g/mol. The number of hydrogen-bond donors (Lipinski definition) is 1. The molecule has 0 aliphatic heterocycles. The minimum Gasteiger partial charge on any atom is -0.497 e. The number of hydrogen-bond acceptors (Lipinski definition) is 2. The molecule has 1 rings (SSSR count). The normalized spacial score (nSPS) is 11.6. The fourth-order valence-corrected chi connectivity index (χ4v) is 1.08. The number of carboxylic acid groups (broad SMARTS) is 1. The number of benzene rings is 1. The molecule has 18 heavy (non-hydrogen) atoms. The molecule has 1 unspecified atom stereocenters. The number of aliphatic carboxylic acids is 1. The first-order valence-corrected chi connectivity index (χ1v) is 6.04. The fraction of sp³-hybridized carbons (Fsp3) is 0.400. The quantitative estimate of drug-likeness (QED) is 0.883. The van der Waals surface area contributed by atoms with Crippen molar-refractivity contribution < 1.29 is 14.6 Å². The second-order valence-electron chi connectivity index (χ2n) is 3.92. The van der Waals surface area contributed by atoms with E-state index in [1.165, 1.54) is 5.56 Å². The van der Waals surface area contributed by atoms with E-state index >= 15 is 0 Å².